The number of hydrogen-bond acceptors (Lipinski definition) is 4. The second-order valence-electron chi connectivity index (χ2n) is 7.26. The van der Waals surface area contributed by atoms with Crippen molar-refractivity contribution >= 4 is 0 Å². The van der Waals surface area contributed by atoms with Crippen LogP contribution in [0.15, 0.2) is 30.3 Å². The Morgan fingerprint density at radius 3 is 2.71 bits per heavy atom. The molecule has 2 fully saturated rings. The van der Waals surface area contributed by atoms with Crippen LogP contribution >= 0.6 is 0 Å². The average Bonchev–Trinajstić information content (AvgIpc) is 2.91. The van der Waals surface area contributed by atoms with E-state index in [1.165, 1.54) is 31.2 Å². The van der Waals surface area contributed by atoms with Crippen molar-refractivity contribution in [1.29, 1.82) is 0 Å². The highest BCUT2D eigenvalue weighted by molar-refractivity contribution is 5.15. The molecule has 1 aromatic carbocycles. The first-order valence-corrected chi connectivity index (χ1v) is 9.68. The van der Waals surface area contributed by atoms with Crippen molar-refractivity contribution < 1.29 is 0 Å². The van der Waals surface area contributed by atoms with Gasteiger partial charge < -0.3 is 0 Å². The van der Waals surface area contributed by atoms with Crippen LogP contribution in [-0.4, -0.2) is 47.8 Å². The molecule has 4 heteroatoms. The lowest BCUT2D eigenvalue weighted by Crippen LogP contribution is -2.54. The lowest BCUT2D eigenvalue weighted by atomic mass is 10.0. The molecule has 2 heterocycles. The largest absolute Gasteiger partial charge is 0.296 e. The van der Waals surface area contributed by atoms with Gasteiger partial charge in [0.1, 0.15) is 0 Å². The van der Waals surface area contributed by atoms with Crippen LogP contribution in [0.1, 0.15) is 45.1 Å². The van der Waals surface area contributed by atoms with Crippen LogP contribution in [0, 0.1) is 12.0 Å². The molecule has 0 aliphatic carbocycles. The number of nitrogens with zero attached hydrogens (tertiary/aromatic N) is 3. The topological polar surface area (TPSA) is 21.8 Å². The van der Waals surface area contributed by atoms with Crippen LogP contribution in [0.3, 0.4) is 0 Å². The van der Waals surface area contributed by atoms with E-state index in [9.17, 15) is 0 Å². The van der Waals surface area contributed by atoms with Crippen LogP contribution in [0.25, 0.3) is 0 Å². The van der Waals surface area contributed by atoms with Gasteiger partial charge in [0, 0.05) is 39.3 Å². The lowest BCUT2D eigenvalue weighted by Gasteiger charge is -2.40. The number of hydrogen-bond donors (Lipinski definition) is 1. The molecule has 2 aliphatic rings. The molecule has 1 radical (unpaired) electrons. The van der Waals surface area contributed by atoms with Crippen molar-refractivity contribution in [3.63, 3.8) is 0 Å². The molecule has 1 aromatic rings. The molecule has 4 nitrogen and oxygen atoms in total. The lowest BCUT2D eigenvalue weighted by molar-refractivity contribution is -0.0491. The summed E-state index contributed by atoms with van der Waals surface area (Å²) in [6.45, 7) is 11.3. The molecule has 2 aliphatic heterocycles. The van der Waals surface area contributed by atoms with Crippen molar-refractivity contribution in [2.24, 2.45) is 5.92 Å². The predicted molar refractivity (Wildman–Crippen MR) is 99.7 cm³/mol. The summed E-state index contributed by atoms with van der Waals surface area (Å²) < 4.78 is 0. The van der Waals surface area contributed by atoms with Crippen LogP contribution in [-0.2, 0) is 6.54 Å². The van der Waals surface area contributed by atoms with Gasteiger partial charge in [-0.2, -0.15) is 5.12 Å². The molecule has 2 saturated heterocycles. The molecule has 0 aromatic heterocycles. The van der Waals surface area contributed by atoms with Gasteiger partial charge in [-0.25, -0.2) is 10.4 Å². The number of unbranched alkanes of at least 4 members (excludes halogenated alkanes) is 3. The summed E-state index contributed by atoms with van der Waals surface area (Å²) in [7, 11) is 0. The van der Waals surface area contributed by atoms with E-state index in [0.717, 1.165) is 39.3 Å². The Hall–Kier alpha value is -0.940. The van der Waals surface area contributed by atoms with Crippen LogP contribution < -0.4 is 5.43 Å². The van der Waals surface area contributed by atoms with E-state index in [1.807, 2.05) is 0 Å². The number of fused-ring (bicyclic) bond motifs is 1. The molecule has 24 heavy (non-hydrogen) atoms. The van der Waals surface area contributed by atoms with Crippen molar-refractivity contribution in [2.45, 2.75) is 46.1 Å². The zero-order chi connectivity index (χ0) is 16.8. The summed E-state index contributed by atoms with van der Waals surface area (Å²) in [6.07, 6.45) is 5.28. The minimum absolute atomic E-state index is 0.645. The summed E-state index contributed by atoms with van der Waals surface area (Å²) >= 11 is 0. The highest BCUT2D eigenvalue weighted by Crippen LogP contribution is 2.32. The van der Waals surface area contributed by atoms with Crippen molar-refractivity contribution in [2.75, 3.05) is 32.7 Å². The first kappa shape index (κ1) is 17.9. The molecule has 0 amide bonds. The maximum Gasteiger partial charge on any atom is 0.0748 e. The van der Waals surface area contributed by atoms with E-state index in [4.69, 9.17) is 0 Å². The fourth-order valence-corrected chi connectivity index (χ4v) is 3.81. The number of benzene rings is 1. The number of nitrogens with one attached hydrogen (secondary N) is 1. The molecule has 0 saturated carbocycles. The maximum atomic E-state index is 3.65. The van der Waals surface area contributed by atoms with E-state index in [1.54, 1.807) is 6.04 Å². The third-order valence-corrected chi connectivity index (χ3v) is 5.23. The summed E-state index contributed by atoms with van der Waals surface area (Å²) in [4.78, 5) is 2.59. The first-order valence-electron chi connectivity index (χ1n) is 9.68. The average molecular weight is 330 g/mol. The summed E-state index contributed by atoms with van der Waals surface area (Å²) in [5.74, 6) is 0.645. The van der Waals surface area contributed by atoms with E-state index >= 15 is 0 Å². The van der Waals surface area contributed by atoms with E-state index in [-0.39, 0.29) is 0 Å². The van der Waals surface area contributed by atoms with Gasteiger partial charge in [-0.05, 0) is 17.9 Å². The van der Waals surface area contributed by atoms with Gasteiger partial charge in [-0.15, -0.1) is 0 Å². The fraction of sp³-hybridized carbons (Fsp3) is 0.650. The fourth-order valence-electron chi connectivity index (χ4n) is 3.81. The SMILES string of the molecule is CCCCCCNN1CC(C)[C]2CN(Cc3ccccc3)CCN21. The first-order chi connectivity index (χ1) is 11.8. The third kappa shape index (κ3) is 4.57. The van der Waals surface area contributed by atoms with E-state index in [0.29, 0.717) is 5.92 Å². The van der Waals surface area contributed by atoms with Crippen molar-refractivity contribution in [1.82, 2.24) is 20.5 Å². The van der Waals surface area contributed by atoms with Gasteiger partial charge in [0.25, 0.3) is 0 Å². The molecular formula is C20H33N4. The summed E-state index contributed by atoms with van der Waals surface area (Å²) in [5, 5.41) is 4.89. The summed E-state index contributed by atoms with van der Waals surface area (Å²) in [5.41, 5.74) is 5.07. The van der Waals surface area contributed by atoms with Gasteiger partial charge >= 0.3 is 0 Å². The third-order valence-electron chi connectivity index (χ3n) is 5.23. The van der Waals surface area contributed by atoms with E-state index in [2.05, 4.69) is 64.6 Å². The van der Waals surface area contributed by atoms with Crippen LogP contribution in [0.5, 0.6) is 0 Å². The zero-order valence-electron chi connectivity index (χ0n) is 15.4. The monoisotopic (exact) mass is 329 g/mol. The molecule has 3 rings (SSSR count). The van der Waals surface area contributed by atoms with Crippen molar-refractivity contribution in [3.8, 4) is 0 Å². The molecule has 0 bridgehead atoms. The zero-order valence-corrected chi connectivity index (χ0v) is 15.4. The summed E-state index contributed by atoms with van der Waals surface area (Å²) in [6, 6.07) is 12.4. The Morgan fingerprint density at radius 1 is 1.08 bits per heavy atom. The van der Waals surface area contributed by atoms with E-state index < -0.39 is 0 Å². The van der Waals surface area contributed by atoms with Gasteiger partial charge in [0.15, 0.2) is 0 Å². The maximum absolute atomic E-state index is 3.65. The Labute approximate surface area is 147 Å². The number of hydrazine groups is 2. The molecule has 0 spiro atoms. The van der Waals surface area contributed by atoms with Gasteiger partial charge in [0.05, 0.1) is 6.04 Å². The van der Waals surface area contributed by atoms with Crippen LogP contribution in [0.2, 0.25) is 0 Å². The predicted octanol–water partition coefficient (Wildman–Crippen LogP) is 3.29. The molecule has 1 atom stereocenters. The minimum atomic E-state index is 0.645. The van der Waals surface area contributed by atoms with Crippen LogP contribution in [0.4, 0.5) is 0 Å². The molecule has 1 N–H and O–H groups in total. The smallest absolute Gasteiger partial charge is 0.0748 e. The molecular weight excluding hydrogens is 296 g/mol. The Bertz CT molecular complexity index is 478. The number of piperazine rings is 1. The Morgan fingerprint density at radius 2 is 1.92 bits per heavy atom. The van der Waals surface area contributed by atoms with Gasteiger partial charge in [0.2, 0.25) is 0 Å². The standard InChI is InChI=1S/C20H33N4/c1-3-4-5-9-12-21-24-15-18(2)20-17-22(13-14-23(20)24)16-19-10-7-6-8-11-19/h6-8,10-11,18,21H,3-5,9,12-17H2,1-2H3. The van der Waals surface area contributed by atoms with Gasteiger partial charge in [-0.3, -0.25) is 4.90 Å². The molecule has 1 unspecified atom stereocenters. The Kier molecular flexibility index (Phi) is 6.67. The highest BCUT2D eigenvalue weighted by Gasteiger charge is 2.41. The second-order valence-corrected chi connectivity index (χ2v) is 7.26. The molecule has 133 valence electrons. The van der Waals surface area contributed by atoms with Crippen molar-refractivity contribution in [3.05, 3.63) is 41.9 Å². The second kappa shape index (κ2) is 8.95. The normalized spacial score (nSPS) is 23.7. The Balaban J connectivity index is 1.47. The van der Waals surface area contributed by atoms with Gasteiger partial charge in [-0.1, -0.05) is 63.4 Å². The number of rotatable bonds is 8. The highest BCUT2D eigenvalue weighted by atomic mass is 15.8. The quantitative estimate of drug-likeness (QED) is 0.739. The minimum Gasteiger partial charge on any atom is -0.296 e.